The topological polar surface area (TPSA) is 30.2 Å². The van der Waals surface area contributed by atoms with Gasteiger partial charge in [0.2, 0.25) is 0 Å². The lowest BCUT2D eigenvalue weighted by Gasteiger charge is -2.02. The molecule has 13 heavy (non-hydrogen) atoms. The van der Waals surface area contributed by atoms with E-state index in [-0.39, 0.29) is 5.63 Å². The number of aryl methyl sites for hydroxylation is 2. The number of hydrogen-bond donors (Lipinski definition) is 0. The summed E-state index contributed by atoms with van der Waals surface area (Å²) in [5, 5.41) is 1.01. The van der Waals surface area contributed by atoms with Crippen molar-refractivity contribution in [3.8, 4) is 0 Å². The van der Waals surface area contributed by atoms with Crippen molar-refractivity contribution >= 4 is 11.0 Å². The van der Waals surface area contributed by atoms with Crippen LogP contribution in [0.1, 0.15) is 11.1 Å². The normalized spacial score (nSPS) is 10.6. The van der Waals surface area contributed by atoms with Gasteiger partial charge in [-0.25, -0.2) is 4.79 Å². The van der Waals surface area contributed by atoms with Crippen LogP contribution >= 0.6 is 0 Å². The van der Waals surface area contributed by atoms with E-state index in [0.717, 1.165) is 5.39 Å². The highest BCUT2D eigenvalue weighted by Gasteiger charge is 2.01. The van der Waals surface area contributed by atoms with Gasteiger partial charge in [-0.2, -0.15) is 0 Å². The maximum Gasteiger partial charge on any atom is 0.336 e. The van der Waals surface area contributed by atoms with Crippen LogP contribution in [0.3, 0.4) is 0 Å². The Morgan fingerprint density at radius 3 is 2.62 bits per heavy atom. The Kier molecular flexibility index (Phi) is 1.69. The number of benzene rings is 1. The maximum atomic E-state index is 10.9. The summed E-state index contributed by atoms with van der Waals surface area (Å²) in [6, 6.07) is 7.05. The second kappa shape index (κ2) is 2.73. The highest BCUT2D eigenvalue weighted by atomic mass is 16.4. The third-order valence-electron chi connectivity index (χ3n) is 2.34. The second-order valence-corrected chi connectivity index (χ2v) is 3.17. The van der Waals surface area contributed by atoms with Gasteiger partial charge in [0.15, 0.2) is 0 Å². The SMILES string of the molecule is Cc1ccc2oc(=O)ccc2c1C. The summed E-state index contributed by atoms with van der Waals surface area (Å²) in [6.45, 7) is 4.07. The van der Waals surface area contributed by atoms with E-state index >= 15 is 0 Å². The van der Waals surface area contributed by atoms with E-state index in [9.17, 15) is 4.79 Å². The molecule has 0 saturated heterocycles. The molecule has 0 amide bonds. The summed E-state index contributed by atoms with van der Waals surface area (Å²) in [5.41, 5.74) is 2.74. The van der Waals surface area contributed by atoms with Crippen molar-refractivity contribution < 1.29 is 4.42 Å². The average molecular weight is 174 g/mol. The Labute approximate surface area is 75.8 Å². The van der Waals surface area contributed by atoms with Gasteiger partial charge in [-0.05, 0) is 37.1 Å². The molecule has 0 atom stereocenters. The van der Waals surface area contributed by atoms with Crippen LogP contribution < -0.4 is 5.63 Å². The summed E-state index contributed by atoms with van der Waals surface area (Å²) in [5.74, 6) is 0. The minimum absolute atomic E-state index is 0.296. The summed E-state index contributed by atoms with van der Waals surface area (Å²) in [6.07, 6.45) is 0. The van der Waals surface area contributed by atoms with Gasteiger partial charge >= 0.3 is 5.63 Å². The van der Waals surface area contributed by atoms with Crippen molar-refractivity contribution in [2.24, 2.45) is 0 Å². The lowest BCUT2D eigenvalue weighted by molar-refractivity contribution is 0.561. The zero-order valence-electron chi connectivity index (χ0n) is 7.63. The first-order chi connectivity index (χ1) is 6.18. The Balaban J connectivity index is 2.95. The Hall–Kier alpha value is -1.57. The summed E-state index contributed by atoms with van der Waals surface area (Å²) in [7, 11) is 0. The quantitative estimate of drug-likeness (QED) is 0.574. The molecular weight excluding hydrogens is 164 g/mol. The average Bonchev–Trinajstić information content (AvgIpc) is 2.12. The van der Waals surface area contributed by atoms with Gasteiger partial charge in [0.25, 0.3) is 0 Å². The largest absolute Gasteiger partial charge is 0.423 e. The van der Waals surface area contributed by atoms with Gasteiger partial charge in [0.05, 0.1) is 0 Å². The Morgan fingerprint density at radius 2 is 1.85 bits per heavy atom. The standard InChI is InChI=1S/C11H10O2/c1-7-3-5-10-9(8(7)2)4-6-11(12)13-10/h3-6H,1-2H3. The molecule has 1 aromatic carbocycles. The second-order valence-electron chi connectivity index (χ2n) is 3.17. The van der Waals surface area contributed by atoms with Crippen LogP contribution in [-0.4, -0.2) is 0 Å². The van der Waals surface area contributed by atoms with Crippen molar-refractivity contribution in [1.82, 2.24) is 0 Å². The molecule has 2 heteroatoms. The third-order valence-corrected chi connectivity index (χ3v) is 2.34. The summed E-state index contributed by atoms with van der Waals surface area (Å²) in [4.78, 5) is 10.9. The van der Waals surface area contributed by atoms with E-state index in [0.29, 0.717) is 5.58 Å². The summed E-state index contributed by atoms with van der Waals surface area (Å²) >= 11 is 0. The first-order valence-electron chi connectivity index (χ1n) is 4.18. The monoisotopic (exact) mass is 174 g/mol. The molecule has 0 aliphatic carbocycles. The Morgan fingerprint density at radius 1 is 1.08 bits per heavy atom. The van der Waals surface area contributed by atoms with Gasteiger partial charge in [0, 0.05) is 11.5 Å². The molecule has 1 heterocycles. The molecule has 0 aliphatic rings. The van der Waals surface area contributed by atoms with E-state index in [1.807, 2.05) is 32.0 Å². The fourth-order valence-electron chi connectivity index (χ4n) is 1.40. The molecule has 1 aromatic heterocycles. The molecule has 0 radical (unpaired) electrons. The van der Waals surface area contributed by atoms with Gasteiger partial charge in [-0.15, -0.1) is 0 Å². The third kappa shape index (κ3) is 1.24. The first kappa shape index (κ1) is 8.05. The van der Waals surface area contributed by atoms with Crippen LogP contribution in [0.25, 0.3) is 11.0 Å². The molecule has 0 fully saturated rings. The molecule has 2 aromatic rings. The highest BCUT2D eigenvalue weighted by Crippen LogP contribution is 2.19. The Bertz CT molecular complexity index is 509. The lowest BCUT2D eigenvalue weighted by Crippen LogP contribution is -1.95. The number of rotatable bonds is 0. The molecule has 0 aliphatic heterocycles. The predicted octanol–water partition coefficient (Wildman–Crippen LogP) is 2.41. The van der Waals surface area contributed by atoms with E-state index in [2.05, 4.69) is 0 Å². The van der Waals surface area contributed by atoms with Crippen LogP contribution in [0.4, 0.5) is 0 Å². The van der Waals surface area contributed by atoms with E-state index in [4.69, 9.17) is 4.42 Å². The molecule has 2 nitrogen and oxygen atoms in total. The molecule has 2 rings (SSSR count). The maximum absolute atomic E-state index is 10.9. The van der Waals surface area contributed by atoms with Crippen molar-refractivity contribution in [2.45, 2.75) is 13.8 Å². The van der Waals surface area contributed by atoms with Gasteiger partial charge < -0.3 is 4.42 Å². The number of fused-ring (bicyclic) bond motifs is 1. The van der Waals surface area contributed by atoms with Crippen LogP contribution in [0.2, 0.25) is 0 Å². The summed E-state index contributed by atoms with van der Waals surface area (Å²) < 4.78 is 5.04. The zero-order valence-corrected chi connectivity index (χ0v) is 7.63. The van der Waals surface area contributed by atoms with Gasteiger partial charge in [-0.3, -0.25) is 0 Å². The van der Waals surface area contributed by atoms with Crippen LogP contribution in [0.15, 0.2) is 33.5 Å². The van der Waals surface area contributed by atoms with Crippen molar-refractivity contribution in [3.63, 3.8) is 0 Å². The molecule has 66 valence electrons. The molecular formula is C11H10O2. The fourth-order valence-corrected chi connectivity index (χ4v) is 1.40. The minimum atomic E-state index is -0.296. The number of hydrogen-bond acceptors (Lipinski definition) is 2. The van der Waals surface area contributed by atoms with Crippen LogP contribution in [-0.2, 0) is 0 Å². The predicted molar refractivity (Wildman–Crippen MR) is 52.0 cm³/mol. The smallest absolute Gasteiger partial charge is 0.336 e. The lowest BCUT2D eigenvalue weighted by atomic mass is 10.1. The fraction of sp³-hybridized carbons (Fsp3) is 0.182. The first-order valence-corrected chi connectivity index (χ1v) is 4.18. The molecule has 0 saturated carbocycles. The molecule has 0 unspecified atom stereocenters. The van der Waals surface area contributed by atoms with E-state index in [1.165, 1.54) is 17.2 Å². The van der Waals surface area contributed by atoms with Crippen LogP contribution in [0.5, 0.6) is 0 Å². The molecule has 0 bridgehead atoms. The van der Waals surface area contributed by atoms with E-state index < -0.39 is 0 Å². The van der Waals surface area contributed by atoms with Gasteiger partial charge in [0.1, 0.15) is 5.58 Å². The highest BCUT2D eigenvalue weighted by molar-refractivity contribution is 5.81. The van der Waals surface area contributed by atoms with Crippen LogP contribution in [0, 0.1) is 13.8 Å². The van der Waals surface area contributed by atoms with Gasteiger partial charge in [-0.1, -0.05) is 6.07 Å². The minimum Gasteiger partial charge on any atom is -0.423 e. The van der Waals surface area contributed by atoms with E-state index in [1.54, 1.807) is 0 Å². The van der Waals surface area contributed by atoms with Crippen molar-refractivity contribution in [2.75, 3.05) is 0 Å². The molecule has 0 N–H and O–H groups in total. The van der Waals surface area contributed by atoms with Crippen molar-refractivity contribution in [3.05, 3.63) is 45.8 Å². The molecule has 0 spiro atoms. The zero-order chi connectivity index (χ0) is 9.42. The van der Waals surface area contributed by atoms with Crippen molar-refractivity contribution in [1.29, 1.82) is 0 Å².